The first-order chi connectivity index (χ1) is 19.4. The van der Waals surface area contributed by atoms with Gasteiger partial charge in [0, 0.05) is 49.2 Å². The summed E-state index contributed by atoms with van der Waals surface area (Å²) >= 11 is 0. The van der Waals surface area contributed by atoms with Gasteiger partial charge in [-0.25, -0.2) is 4.98 Å². The van der Waals surface area contributed by atoms with Gasteiger partial charge in [-0.15, -0.1) is 0 Å². The van der Waals surface area contributed by atoms with Gasteiger partial charge in [-0.2, -0.15) is 5.10 Å². The molecule has 2 aliphatic rings. The van der Waals surface area contributed by atoms with Crippen molar-refractivity contribution in [1.82, 2.24) is 35.3 Å². The number of hydrogen-bond donors (Lipinski definition) is 3. The molecule has 3 aromatic rings. The summed E-state index contributed by atoms with van der Waals surface area (Å²) in [7, 11) is 0. The maximum Gasteiger partial charge on any atom is 0.274 e. The topological polar surface area (TPSA) is 134 Å². The second-order valence-corrected chi connectivity index (χ2v) is 10.9. The number of carbonyl (C=O) groups excluding carboxylic acids is 3. The molecule has 40 heavy (non-hydrogen) atoms. The number of aromatic amines is 1. The number of amides is 3. The molecule has 0 radical (unpaired) electrons. The molecule has 0 spiro atoms. The highest BCUT2D eigenvalue weighted by Gasteiger charge is 2.29. The van der Waals surface area contributed by atoms with Gasteiger partial charge in [-0.05, 0) is 49.8 Å². The number of hydrogen-bond acceptors (Lipinski definition) is 6. The molecule has 1 aromatic carbocycles. The van der Waals surface area contributed by atoms with Crippen molar-refractivity contribution in [1.29, 1.82) is 0 Å². The Hall–Kier alpha value is -4.15. The van der Waals surface area contributed by atoms with Crippen LogP contribution in [0.15, 0.2) is 42.7 Å². The first-order valence-electron chi connectivity index (χ1n) is 14.0. The van der Waals surface area contributed by atoms with E-state index in [-0.39, 0.29) is 30.0 Å². The van der Waals surface area contributed by atoms with Crippen LogP contribution in [0, 0.1) is 5.92 Å². The highest BCUT2D eigenvalue weighted by Crippen LogP contribution is 2.39. The number of nitrogens with zero attached hydrogens (tertiary/aromatic N) is 4. The Morgan fingerprint density at radius 3 is 2.83 bits per heavy atom. The fraction of sp³-hybridized carbons (Fsp3) is 0.483. The number of nitrogens with one attached hydrogen (secondary N) is 3. The molecule has 0 saturated heterocycles. The average Bonchev–Trinajstić information content (AvgIpc) is 3.47. The van der Waals surface area contributed by atoms with Crippen molar-refractivity contribution in [2.45, 2.75) is 58.0 Å². The first-order valence-corrected chi connectivity index (χ1v) is 14.0. The maximum atomic E-state index is 13.4. The van der Waals surface area contributed by atoms with Crippen molar-refractivity contribution in [3.8, 4) is 17.1 Å². The minimum Gasteiger partial charge on any atom is -0.494 e. The fourth-order valence-corrected chi connectivity index (χ4v) is 4.92. The zero-order valence-corrected chi connectivity index (χ0v) is 23.1. The predicted molar refractivity (Wildman–Crippen MR) is 149 cm³/mol. The third-order valence-corrected chi connectivity index (χ3v) is 7.12. The number of benzene rings is 1. The van der Waals surface area contributed by atoms with E-state index >= 15 is 0 Å². The van der Waals surface area contributed by atoms with Gasteiger partial charge in [0.1, 0.15) is 23.3 Å². The Kier molecular flexibility index (Phi) is 8.47. The molecular formula is C29H37N7O4. The molecule has 3 amide bonds. The molecule has 11 nitrogen and oxygen atoms in total. The summed E-state index contributed by atoms with van der Waals surface area (Å²) in [5.41, 5.74) is 2.14. The number of fused-ring (bicyclic) bond motifs is 4. The summed E-state index contributed by atoms with van der Waals surface area (Å²) in [5, 5.41) is 13.0. The van der Waals surface area contributed by atoms with Crippen LogP contribution in [0.25, 0.3) is 11.4 Å². The summed E-state index contributed by atoms with van der Waals surface area (Å²) in [6.07, 6.45) is 6.76. The average molecular weight is 548 g/mol. The minimum absolute atomic E-state index is 0.180. The Bertz CT molecular complexity index is 1340. The Morgan fingerprint density at radius 2 is 2.02 bits per heavy atom. The van der Waals surface area contributed by atoms with E-state index in [1.807, 2.05) is 48.9 Å². The number of H-pyrrole nitrogens is 1. The van der Waals surface area contributed by atoms with Gasteiger partial charge in [0.2, 0.25) is 11.8 Å². The number of ether oxygens (including phenoxy) is 1. The van der Waals surface area contributed by atoms with Crippen molar-refractivity contribution in [2.24, 2.45) is 5.92 Å². The molecule has 1 saturated carbocycles. The van der Waals surface area contributed by atoms with Gasteiger partial charge in [-0.1, -0.05) is 26.0 Å². The van der Waals surface area contributed by atoms with E-state index in [0.29, 0.717) is 50.8 Å². The summed E-state index contributed by atoms with van der Waals surface area (Å²) in [6.45, 7) is 5.36. The summed E-state index contributed by atoms with van der Waals surface area (Å²) in [6, 6.07) is 8.76. The van der Waals surface area contributed by atoms with Gasteiger partial charge >= 0.3 is 0 Å². The molecule has 5 rings (SSSR count). The zero-order valence-electron chi connectivity index (χ0n) is 23.1. The van der Waals surface area contributed by atoms with E-state index in [0.717, 1.165) is 29.9 Å². The molecule has 11 heteroatoms. The second kappa shape index (κ2) is 12.4. The van der Waals surface area contributed by atoms with Gasteiger partial charge in [0.15, 0.2) is 0 Å². The first kappa shape index (κ1) is 27.4. The van der Waals surface area contributed by atoms with Gasteiger partial charge in [0.25, 0.3) is 5.91 Å². The van der Waals surface area contributed by atoms with Crippen LogP contribution in [0.3, 0.4) is 0 Å². The molecule has 1 aliphatic carbocycles. The molecule has 3 N–H and O–H groups in total. The smallest absolute Gasteiger partial charge is 0.274 e. The van der Waals surface area contributed by atoms with E-state index in [1.54, 1.807) is 12.3 Å². The van der Waals surface area contributed by atoms with E-state index < -0.39 is 11.9 Å². The highest BCUT2D eigenvalue weighted by molar-refractivity contribution is 5.96. The Labute approximate surface area is 233 Å². The number of carbonyl (C=O) groups is 3. The largest absolute Gasteiger partial charge is 0.494 e. The van der Waals surface area contributed by atoms with Crippen LogP contribution in [-0.4, -0.2) is 74.7 Å². The summed E-state index contributed by atoms with van der Waals surface area (Å²) < 4.78 is 7.99. The molecule has 212 valence electrons. The molecule has 0 unspecified atom stereocenters. The lowest BCUT2D eigenvalue weighted by atomic mass is 10.0. The highest BCUT2D eigenvalue weighted by atomic mass is 16.5. The zero-order chi connectivity index (χ0) is 28.1. The molecular weight excluding hydrogens is 510 g/mol. The van der Waals surface area contributed by atoms with E-state index in [9.17, 15) is 14.4 Å². The van der Waals surface area contributed by atoms with Crippen LogP contribution in [0.5, 0.6) is 5.75 Å². The number of rotatable bonds is 4. The lowest BCUT2D eigenvalue weighted by molar-refractivity contribution is -0.129. The summed E-state index contributed by atoms with van der Waals surface area (Å²) in [5.74, 6) is 1.10. The van der Waals surface area contributed by atoms with Crippen LogP contribution in [0.2, 0.25) is 0 Å². The maximum absolute atomic E-state index is 13.4. The van der Waals surface area contributed by atoms with Crippen molar-refractivity contribution >= 4 is 17.7 Å². The number of imidazole rings is 1. The molecule has 2 aromatic heterocycles. The molecule has 1 aliphatic heterocycles. The Morgan fingerprint density at radius 1 is 1.18 bits per heavy atom. The number of aromatic nitrogens is 4. The van der Waals surface area contributed by atoms with Crippen molar-refractivity contribution in [2.75, 3.05) is 26.2 Å². The third kappa shape index (κ3) is 6.88. The minimum atomic E-state index is -0.711. The molecule has 1 fully saturated rings. The quantitative estimate of drug-likeness (QED) is 0.460. The van der Waals surface area contributed by atoms with Crippen molar-refractivity contribution in [3.63, 3.8) is 0 Å². The predicted octanol–water partition coefficient (Wildman–Crippen LogP) is 2.72. The van der Waals surface area contributed by atoms with Gasteiger partial charge in [0.05, 0.1) is 13.2 Å². The van der Waals surface area contributed by atoms with Crippen LogP contribution in [0.4, 0.5) is 0 Å². The van der Waals surface area contributed by atoms with Crippen LogP contribution in [-0.2, 0) is 16.1 Å². The lowest BCUT2D eigenvalue weighted by Gasteiger charge is -2.25. The summed E-state index contributed by atoms with van der Waals surface area (Å²) in [4.78, 5) is 45.7. The van der Waals surface area contributed by atoms with Gasteiger partial charge < -0.3 is 24.8 Å². The SMILES string of the molecule is CC(C)C[C@H]1NC(=O)CN(C(=O)c2cc(C3CC3)[nH]n2)CCCOc2cccc(c2)-c2nccn2CCNC1=O. The van der Waals surface area contributed by atoms with E-state index in [2.05, 4.69) is 25.8 Å². The lowest BCUT2D eigenvalue weighted by Crippen LogP contribution is -2.51. The van der Waals surface area contributed by atoms with Crippen LogP contribution < -0.4 is 15.4 Å². The van der Waals surface area contributed by atoms with Crippen molar-refractivity contribution in [3.05, 3.63) is 54.1 Å². The Balaban J connectivity index is 1.37. The molecule has 3 heterocycles. The third-order valence-electron chi connectivity index (χ3n) is 7.12. The van der Waals surface area contributed by atoms with Crippen molar-refractivity contribution < 1.29 is 19.1 Å². The van der Waals surface area contributed by atoms with Gasteiger partial charge in [-0.3, -0.25) is 19.5 Å². The normalized spacial score (nSPS) is 19.2. The molecule has 2 bridgehead atoms. The second-order valence-electron chi connectivity index (χ2n) is 10.9. The van der Waals surface area contributed by atoms with Crippen LogP contribution >= 0.6 is 0 Å². The standard InChI is InChI=1S/C29H37N7O4/c1-19(2)15-24-28(38)31-10-13-35-12-9-30-27(35)21-5-3-6-22(16-21)40-14-4-11-36(18-26(37)32-24)29(39)25-17-23(33-34-25)20-7-8-20/h3,5-6,9,12,16-17,19-20,24H,4,7-8,10-11,13-15,18H2,1-2H3,(H,31,38)(H,32,37)(H,33,34)/t24-/m1/s1. The van der Waals surface area contributed by atoms with E-state index in [4.69, 9.17) is 4.74 Å². The van der Waals surface area contributed by atoms with E-state index in [1.165, 1.54) is 4.90 Å². The molecule has 1 atom stereocenters. The monoisotopic (exact) mass is 547 g/mol. The fourth-order valence-electron chi connectivity index (χ4n) is 4.92. The van der Waals surface area contributed by atoms with Crippen LogP contribution in [0.1, 0.15) is 61.6 Å².